The molecular weight excluding hydrogens is 430 g/mol. The molecule has 0 radical (unpaired) electrons. The highest BCUT2D eigenvalue weighted by molar-refractivity contribution is 7.89. The number of sulfonamides is 1. The van der Waals surface area contributed by atoms with Crippen LogP contribution in [0.3, 0.4) is 0 Å². The van der Waals surface area contributed by atoms with E-state index in [1.54, 1.807) is 6.07 Å². The maximum Gasteiger partial charge on any atom is 0.241 e. The highest BCUT2D eigenvalue weighted by atomic mass is 32.2. The van der Waals surface area contributed by atoms with Crippen molar-refractivity contribution >= 4 is 20.8 Å². The molecular formula is C28H33NO3S. The first-order valence-electron chi connectivity index (χ1n) is 12.2. The van der Waals surface area contributed by atoms with Gasteiger partial charge in [0.1, 0.15) is 0 Å². The molecule has 0 heterocycles. The molecule has 2 aliphatic carbocycles. The van der Waals surface area contributed by atoms with Crippen molar-refractivity contribution in [1.82, 2.24) is 4.72 Å². The first-order valence-corrected chi connectivity index (χ1v) is 13.6. The molecule has 0 aliphatic heterocycles. The van der Waals surface area contributed by atoms with E-state index in [9.17, 15) is 8.42 Å². The van der Waals surface area contributed by atoms with Crippen LogP contribution in [0, 0.1) is 11.3 Å². The van der Waals surface area contributed by atoms with Gasteiger partial charge in [0.05, 0.1) is 11.5 Å². The number of hydrogen-bond donors (Lipinski definition) is 1. The van der Waals surface area contributed by atoms with E-state index in [-0.39, 0.29) is 5.41 Å². The minimum Gasteiger partial charge on any atom is -0.381 e. The van der Waals surface area contributed by atoms with Gasteiger partial charge in [0.2, 0.25) is 10.0 Å². The molecule has 2 saturated carbocycles. The summed E-state index contributed by atoms with van der Waals surface area (Å²) >= 11 is 0. The number of rotatable bonds is 11. The van der Waals surface area contributed by atoms with Gasteiger partial charge < -0.3 is 4.74 Å². The van der Waals surface area contributed by atoms with Gasteiger partial charge in [-0.15, -0.1) is 0 Å². The predicted octanol–water partition coefficient (Wildman–Crippen LogP) is 5.50. The van der Waals surface area contributed by atoms with E-state index in [2.05, 4.69) is 29.0 Å². The minimum atomic E-state index is -3.57. The van der Waals surface area contributed by atoms with E-state index < -0.39 is 10.0 Å². The van der Waals surface area contributed by atoms with Crippen molar-refractivity contribution in [3.05, 3.63) is 77.9 Å². The third-order valence-corrected chi connectivity index (χ3v) is 8.74. The normalized spacial score (nSPS) is 17.7. The van der Waals surface area contributed by atoms with Crippen molar-refractivity contribution in [1.29, 1.82) is 0 Å². The summed E-state index contributed by atoms with van der Waals surface area (Å²) in [6.07, 6.45) is 7.78. The summed E-state index contributed by atoms with van der Waals surface area (Å²) in [6, 6.07) is 21.9. The standard InChI is InChI=1S/C28H33NO3S/c30-33(31,27-8-3-6-25-5-1-2-7-26(25)27)29-21-28(16-4-17-28)19-23-11-9-22(10-12-23)15-18-32-20-24-13-14-24/h1-3,5-12,24,29H,4,13-21H2. The Morgan fingerprint density at radius 1 is 0.909 bits per heavy atom. The molecule has 3 aromatic rings. The monoisotopic (exact) mass is 463 g/mol. The van der Waals surface area contributed by atoms with Crippen molar-refractivity contribution < 1.29 is 13.2 Å². The zero-order valence-electron chi connectivity index (χ0n) is 19.1. The fraction of sp³-hybridized carbons (Fsp3) is 0.429. The Morgan fingerprint density at radius 3 is 2.36 bits per heavy atom. The van der Waals surface area contributed by atoms with Gasteiger partial charge in [0.25, 0.3) is 0 Å². The Bertz CT molecular complexity index is 1190. The van der Waals surface area contributed by atoms with Gasteiger partial charge in [-0.3, -0.25) is 0 Å². The summed E-state index contributed by atoms with van der Waals surface area (Å²) in [4.78, 5) is 0.364. The van der Waals surface area contributed by atoms with Gasteiger partial charge in [0.15, 0.2) is 0 Å². The number of nitrogens with one attached hydrogen (secondary N) is 1. The van der Waals surface area contributed by atoms with E-state index >= 15 is 0 Å². The minimum absolute atomic E-state index is 0.00649. The molecule has 33 heavy (non-hydrogen) atoms. The Labute approximate surface area is 197 Å². The molecule has 5 rings (SSSR count). The lowest BCUT2D eigenvalue weighted by atomic mass is 9.65. The molecule has 3 aromatic carbocycles. The lowest BCUT2D eigenvalue weighted by Crippen LogP contribution is -2.43. The second kappa shape index (κ2) is 9.57. The van der Waals surface area contributed by atoms with Crippen molar-refractivity contribution in [2.45, 2.75) is 49.8 Å². The van der Waals surface area contributed by atoms with Crippen molar-refractivity contribution in [3.63, 3.8) is 0 Å². The molecule has 2 aliphatic rings. The molecule has 0 aromatic heterocycles. The highest BCUT2D eigenvalue weighted by Crippen LogP contribution is 2.43. The molecule has 2 fully saturated rings. The summed E-state index contributed by atoms with van der Waals surface area (Å²) in [6.45, 7) is 2.18. The van der Waals surface area contributed by atoms with Gasteiger partial charge in [-0.1, -0.05) is 67.1 Å². The molecule has 0 spiro atoms. The van der Waals surface area contributed by atoms with Crippen LogP contribution in [-0.2, 0) is 27.6 Å². The summed E-state index contributed by atoms with van der Waals surface area (Å²) in [5, 5.41) is 1.71. The number of fused-ring (bicyclic) bond motifs is 1. The Morgan fingerprint density at radius 2 is 1.64 bits per heavy atom. The van der Waals surface area contributed by atoms with Crippen LogP contribution in [-0.4, -0.2) is 28.2 Å². The Hall–Kier alpha value is -2.21. The van der Waals surface area contributed by atoms with E-state index in [1.165, 1.54) is 24.0 Å². The van der Waals surface area contributed by atoms with Crippen LogP contribution in [0.15, 0.2) is 71.6 Å². The maximum atomic E-state index is 13.2. The Kier molecular flexibility index (Phi) is 6.55. The molecule has 1 N–H and O–H groups in total. The highest BCUT2D eigenvalue weighted by Gasteiger charge is 2.38. The molecule has 0 amide bonds. The van der Waals surface area contributed by atoms with Crippen molar-refractivity contribution in [2.24, 2.45) is 11.3 Å². The van der Waals surface area contributed by atoms with Crippen LogP contribution in [0.1, 0.15) is 43.2 Å². The van der Waals surface area contributed by atoms with Gasteiger partial charge in [-0.2, -0.15) is 0 Å². The summed E-state index contributed by atoms with van der Waals surface area (Å²) in [5.41, 5.74) is 2.59. The largest absolute Gasteiger partial charge is 0.381 e. The van der Waals surface area contributed by atoms with Gasteiger partial charge in [-0.05, 0) is 72.4 Å². The zero-order valence-corrected chi connectivity index (χ0v) is 19.9. The zero-order chi connectivity index (χ0) is 22.7. The molecule has 0 atom stereocenters. The molecule has 0 bridgehead atoms. The Balaban J connectivity index is 1.20. The lowest BCUT2D eigenvalue weighted by molar-refractivity contribution is 0.127. The van der Waals surface area contributed by atoms with Crippen molar-refractivity contribution in [3.8, 4) is 0 Å². The molecule has 174 valence electrons. The third-order valence-electron chi connectivity index (χ3n) is 7.28. The quantitative estimate of drug-likeness (QED) is 0.382. The second-order valence-electron chi connectivity index (χ2n) is 9.92. The maximum absolute atomic E-state index is 13.2. The van der Waals surface area contributed by atoms with Crippen molar-refractivity contribution in [2.75, 3.05) is 19.8 Å². The molecule has 0 saturated heterocycles. The average Bonchev–Trinajstić information content (AvgIpc) is 3.63. The molecule has 0 unspecified atom stereocenters. The van der Waals surface area contributed by atoms with Crippen LogP contribution >= 0.6 is 0 Å². The van der Waals surface area contributed by atoms with Crippen LogP contribution in [0.2, 0.25) is 0 Å². The van der Waals surface area contributed by atoms with Gasteiger partial charge >= 0.3 is 0 Å². The topological polar surface area (TPSA) is 55.4 Å². The van der Waals surface area contributed by atoms with Crippen LogP contribution in [0.5, 0.6) is 0 Å². The number of ether oxygens (including phenoxy) is 1. The average molecular weight is 464 g/mol. The van der Waals surface area contributed by atoms with E-state index in [0.29, 0.717) is 11.4 Å². The smallest absolute Gasteiger partial charge is 0.241 e. The third kappa shape index (κ3) is 5.48. The fourth-order valence-electron chi connectivity index (χ4n) is 4.83. The summed E-state index contributed by atoms with van der Waals surface area (Å²) in [5.74, 6) is 0.809. The first kappa shape index (κ1) is 22.6. The lowest BCUT2D eigenvalue weighted by Gasteiger charge is -2.42. The van der Waals surface area contributed by atoms with Crippen LogP contribution < -0.4 is 4.72 Å². The number of hydrogen-bond acceptors (Lipinski definition) is 3. The fourth-order valence-corrected chi connectivity index (χ4v) is 6.21. The van der Waals surface area contributed by atoms with Gasteiger partial charge in [-0.25, -0.2) is 13.1 Å². The van der Waals surface area contributed by atoms with E-state index in [4.69, 9.17) is 4.74 Å². The second-order valence-corrected chi connectivity index (χ2v) is 11.7. The molecule has 4 nitrogen and oxygen atoms in total. The van der Waals surface area contributed by atoms with Gasteiger partial charge in [0, 0.05) is 18.5 Å². The first-order chi connectivity index (χ1) is 16.0. The van der Waals surface area contributed by atoms with E-state index in [1.807, 2.05) is 36.4 Å². The van der Waals surface area contributed by atoms with Crippen LogP contribution in [0.4, 0.5) is 0 Å². The predicted molar refractivity (Wildman–Crippen MR) is 133 cm³/mol. The van der Waals surface area contributed by atoms with E-state index in [0.717, 1.165) is 62.0 Å². The summed E-state index contributed by atoms with van der Waals surface area (Å²) in [7, 11) is -3.57. The molecule has 5 heteroatoms. The van der Waals surface area contributed by atoms with Crippen LogP contribution in [0.25, 0.3) is 10.8 Å². The number of benzene rings is 3. The summed E-state index contributed by atoms with van der Waals surface area (Å²) < 4.78 is 35.1. The SMILES string of the molecule is O=S(=O)(NCC1(Cc2ccc(CCOCC3CC3)cc2)CCC1)c1cccc2ccccc12.